The lowest BCUT2D eigenvalue weighted by Crippen LogP contribution is -2.66. The van der Waals surface area contributed by atoms with E-state index in [1.54, 1.807) is 12.1 Å². The Morgan fingerprint density at radius 1 is 0.717 bits per heavy atom. The molecule has 0 aliphatic rings. The smallest absolute Gasteiger partial charge is 0.337 e. The molecule has 0 bridgehead atoms. The zero-order valence-corrected chi connectivity index (χ0v) is 35.3. The minimum atomic E-state index is -3.38. The summed E-state index contributed by atoms with van der Waals surface area (Å²) in [6.07, 6.45) is 2.37. The van der Waals surface area contributed by atoms with E-state index in [9.17, 15) is 4.79 Å². The summed E-state index contributed by atoms with van der Waals surface area (Å²) in [5, 5.41) is 8.81. The molecule has 0 aromatic heterocycles. The molecule has 5 rings (SSSR count). The molecule has 8 heteroatoms. The second-order valence-electron chi connectivity index (χ2n) is 15.8. The Balaban J connectivity index is 1.64. The number of esters is 1. The van der Waals surface area contributed by atoms with E-state index in [2.05, 4.69) is 119 Å². The largest absolute Gasteiger partial charge is 0.465 e. The van der Waals surface area contributed by atoms with Gasteiger partial charge >= 0.3 is 5.97 Å². The van der Waals surface area contributed by atoms with Crippen LogP contribution in [0.1, 0.15) is 49.7 Å². The second-order valence-corrected chi connectivity index (χ2v) is 27.7. The first kappa shape index (κ1) is 40.1. The Kier molecular flexibility index (Phi) is 12.8. The number of benzene rings is 5. The minimum Gasteiger partial charge on any atom is -0.465 e. The van der Waals surface area contributed by atoms with Crippen molar-refractivity contribution in [2.75, 3.05) is 13.7 Å². The number of carbonyl (C=O) groups is 1. The van der Waals surface area contributed by atoms with Crippen molar-refractivity contribution in [1.29, 1.82) is 0 Å². The summed E-state index contributed by atoms with van der Waals surface area (Å²) in [6, 6.07) is 48.0. The molecule has 5 aromatic carbocycles. The number of hydrogen-bond donors (Lipinski definition) is 1. The van der Waals surface area contributed by atoms with Crippen LogP contribution in [-0.4, -0.2) is 36.1 Å². The van der Waals surface area contributed by atoms with E-state index >= 15 is 4.57 Å². The summed E-state index contributed by atoms with van der Waals surface area (Å²) in [5.41, 5.74) is 1.40. The molecule has 0 aliphatic heterocycles. The van der Waals surface area contributed by atoms with Gasteiger partial charge in [-0.2, -0.15) is 0 Å². The lowest BCUT2D eigenvalue weighted by Gasteiger charge is -2.43. The van der Waals surface area contributed by atoms with Gasteiger partial charge in [-0.3, -0.25) is 4.57 Å². The molecule has 1 unspecified atom stereocenters. The third kappa shape index (κ3) is 9.00. The summed E-state index contributed by atoms with van der Waals surface area (Å²) in [7, 11) is -6.90. The van der Waals surface area contributed by atoms with Gasteiger partial charge in [0.15, 0.2) is 0 Å². The van der Waals surface area contributed by atoms with Crippen LogP contribution in [0.3, 0.4) is 0 Å². The second kappa shape index (κ2) is 16.9. The van der Waals surface area contributed by atoms with Crippen LogP contribution in [-0.2, 0) is 13.7 Å². The van der Waals surface area contributed by atoms with Crippen LogP contribution in [0.15, 0.2) is 157 Å². The lowest BCUT2D eigenvalue weighted by molar-refractivity contribution is 0.0600. The number of hydrogen-bond acceptors (Lipinski definition) is 4. The molecule has 0 saturated carbocycles. The molecule has 53 heavy (non-hydrogen) atoms. The van der Waals surface area contributed by atoms with Crippen LogP contribution in [0, 0.1) is 5.92 Å². The molecule has 0 radical (unpaired) electrons. The monoisotopic (exact) mass is 759 g/mol. The topological polar surface area (TPSA) is 64.6 Å². The van der Waals surface area contributed by atoms with Crippen LogP contribution in [0.2, 0.25) is 24.7 Å². The van der Waals surface area contributed by atoms with Gasteiger partial charge in [0, 0.05) is 17.2 Å². The highest BCUT2D eigenvalue weighted by Crippen LogP contribution is 2.45. The SMILES string of the molecule is COC(=O)c1ccc(C(NP(=O)(c2ccccc2)c2ccccc2)/C(=C/[C@@H](C)CO[Si](c2ccccc2)(c2ccccc2)C(C)(C)C)[Si](C)(C)C)cc1. The third-order valence-electron chi connectivity index (χ3n) is 9.84. The summed E-state index contributed by atoms with van der Waals surface area (Å²) < 4.78 is 28.0. The number of ether oxygens (including phenoxy) is 1. The maximum Gasteiger partial charge on any atom is 0.337 e. The fraction of sp³-hybridized carbons (Fsp3) is 0.267. The Morgan fingerprint density at radius 3 is 1.55 bits per heavy atom. The van der Waals surface area contributed by atoms with Gasteiger partial charge in [-0.25, -0.2) is 9.88 Å². The van der Waals surface area contributed by atoms with E-state index < -0.39 is 35.7 Å². The standard InChI is InChI=1S/C45H54NO4PSi2/c1-35(34-50-53(45(2,3)4,40-25-17-11-18-26-40)41-27-19-12-20-28-41)33-42(52(6,7)8)43(36-29-31-37(32-30-36)44(47)49-5)46-51(48,38-21-13-9-14-22-38)39-23-15-10-16-24-39/h9-33,35,43H,34H2,1-8H3,(H,46,48)/b42-33-/t35-,43?/m1/s1. The first-order valence-corrected chi connectivity index (χ1v) is 25.5. The van der Waals surface area contributed by atoms with Crippen molar-refractivity contribution in [3.63, 3.8) is 0 Å². The average molecular weight is 760 g/mol. The van der Waals surface area contributed by atoms with Crippen molar-refractivity contribution in [1.82, 2.24) is 5.09 Å². The molecule has 1 N–H and O–H groups in total. The fourth-order valence-corrected chi connectivity index (χ4v) is 16.3. The third-order valence-corrected chi connectivity index (χ3v) is 19.7. The highest BCUT2D eigenvalue weighted by molar-refractivity contribution is 7.77. The molecular formula is C45H54NO4PSi2. The van der Waals surface area contributed by atoms with Gasteiger partial charge < -0.3 is 9.16 Å². The maximum atomic E-state index is 15.6. The quantitative estimate of drug-likeness (QED) is 0.0696. The zero-order valence-electron chi connectivity index (χ0n) is 32.4. The summed E-state index contributed by atoms with van der Waals surface area (Å²) >= 11 is 0. The fourth-order valence-electron chi connectivity index (χ4n) is 7.16. The van der Waals surface area contributed by atoms with Gasteiger partial charge in [0.1, 0.15) is 0 Å². The van der Waals surface area contributed by atoms with E-state index in [1.807, 2.05) is 72.8 Å². The van der Waals surface area contributed by atoms with Crippen LogP contribution < -0.4 is 26.1 Å². The van der Waals surface area contributed by atoms with Crippen LogP contribution in [0.4, 0.5) is 0 Å². The Labute approximate surface area is 319 Å². The van der Waals surface area contributed by atoms with Crippen molar-refractivity contribution in [3.05, 3.63) is 168 Å². The normalized spacial score (nSPS) is 14.0. The highest BCUT2D eigenvalue weighted by Gasteiger charge is 2.50. The summed E-state index contributed by atoms with van der Waals surface area (Å²) in [4.78, 5) is 12.5. The van der Waals surface area contributed by atoms with E-state index in [4.69, 9.17) is 9.16 Å². The predicted molar refractivity (Wildman–Crippen MR) is 228 cm³/mol. The van der Waals surface area contributed by atoms with Crippen LogP contribution >= 0.6 is 7.29 Å². The van der Waals surface area contributed by atoms with Gasteiger partial charge in [0.2, 0.25) is 7.29 Å². The minimum absolute atomic E-state index is 0.0323. The molecule has 0 heterocycles. The molecule has 5 nitrogen and oxygen atoms in total. The summed E-state index contributed by atoms with van der Waals surface area (Å²) in [6.45, 7) is 16.7. The van der Waals surface area contributed by atoms with Crippen LogP contribution in [0.5, 0.6) is 0 Å². The van der Waals surface area contributed by atoms with E-state index in [0.29, 0.717) is 12.2 Å². The molecule has 0 amide bonds. The molecule has 5 aromatic rings. The van der Waals surface area contributed by atoms with E-state index in [-0.39, 0.29) is 11.0 Å². The summed E-state index contributed by atoms with van der Waals surface area (Å²) in [5.74, 6) is -0.361. The Hall–Kier alpha value is -4.11. The van der Waals surface area contributed by atoms with E-state index in [0.717, 1.165) is 16.2 Å². The first-order valence-electron chi connectivity index (χ1n) is 18.4. The number of carbonyl (C=O) groups excluding carboxylic acids is 1. The highest BCUT2D eigenvalue weighted by atomic mass is 31.2. The molecular weight excluding hydrogens is 706 g/mol. The van der Waals surface area contributed by atoms with Crippen molar-refractivity contribution in [2.24, 2.45) is 5.92 Å². The predicted octanol–water partition coefficient (Wildman–Crippen LogP) is 9.05. The van der Waals surface area contributed by atoms with Crippen molar-refractivity contribution in [3.8, 4) is 0 Å². The molecule has 0 fully saturated rings. The Morgan fingerprint density at radius 2 is 1.15 bits per heavy atom. The molecule has 276 valence electrons. The van der Waals surface area contributed by atoms with E-state index in [1.165, 1.54) is 22.7 Å². The van der Waals surface area contributed by atoms with Gasteiger partial charge in [0.05, 0.1) is 26.8 Å². The van der Waals surface area contributed by atoms with Gasteiger partial charge in [-0.15, -0.1) is 0 Å². The van der Waals surface area contributed by atoms with Gasteiger partial charge in [0.25, 0.3) is 8.32 Å². The average Bonchev–Trinajstić information content (AvgIpc) is 3.16. The molecule has 0 spiro atoms. The van der Waals surface area contributed by atoms with Gasteiger partial charge in [-0.05, 0) is 63.3 Å². The van der Waals surface area contributed by atoms with Gasteiger partial charge in [-0.1, -0.05) is 168 Å². The van der Waals surface area contributed by atoms with Crippen LogP contribution in [0.25, 0.3) is 0 Å². The number of methoxy groups -OCH3 is 1. The molecule has 2 atom stereocenters. The Bertz CT molecular complexity index is 1930. The van der Waals surface area contributed by atoms with Crippen molar-refractivity contribution >= 4 is 50.6 Å². The molecule has 0 saturated heterocycles. The molecule has 0 aliphatic carbocycles. The maximum absolute atomic E-state index is 15.6. The number of nitrogens with one attached hydrogen (secondary N) is 1. The first-order chi connectivity index (χ1) is 25.2. The number of rotatable bonds is 14. The lowest BCUT2D eigenvalue weighted by atomic mass is 10.0. The van der Waals surface area contributed by atoms with Crippen molar-refractivity contribution in [2.45, 2.75) is 58.4 Å². The zero-order chi connectivity index (χ0) is 38.3. The van der Waals surface area contributed by atoms with Crippen molar-refractivity contribution < 1.29 is 18.5 Å².